The van der Waals surface area contributed by atoms with Crippen molar-refractivity contribution in [3.63, 3.8) is 0 Å². The summed E-state index contributed by atoms with van der Waals surface area (Å²) in [7, 11) is 0. The molecule has 1 saturated heterocycles. The standard InChI is InChI=1S/C32H36N12O4/c45-29(37-25-5-1-9-33-21-25)41-13-15-42(30(46)38-26-6-2-10-34-22-26)17-19-44(32(48)40-28-8-4-12-36-24-28)20-18-43(16-14-41)31(47)39-27-7-3-11-35-23-27/h1-12,21-24H,13-20H2,(H,37,45)(H,38,46)(H,39,47)(H,40,48). The van der Waals surface area contributed by atoms with E-state index in [1.807, 2.05) is 0 Å². The molecule has 0 saturated carbocycles. The molecule has 16 nitrogen and oxygen atoms in total. The van der Waals surface area contributed by atoms with Gasteiger partial charge in [0.05, 0.1) is 47.5 Å². The van der Waals surface area contributed by atoms with Crippen LogP contribution in [0, 0.1) is 0 Å². The van der Waals surface area contributed by atoms with E-state index < -0.39 is 24.1 Å². The predicted octanol–water partition coefficient (Wildman–Crippen LogP) is 3.72. The van der Waals surface area contributed by atoms with Gasteiger partial charge in [-0.3, -0.25) is 19.9 Å². The van der Waals surface area contributed by atoms with Crippen LogP contribution < -0.4 is 21.3 Å². The Morgan fingerprint density at radius 3 is 0.771 bits per heavy atom. The van der Waals surface area contributed by atoms with E-state index in [0.29, 0.717) is 22.7 Å². The van der Waals surface area contributed by atoms with E-state index >= 15 is 0 Å². The minimum Gasteiger partial charge on any atom is -0.321 e. The number of carbonyl (C=O) groups excluding carboxylic acids is 4. The number of nitrogens with one attached hydrogen (secondary N) is 4. The number of carbonyl (C=O) groups is 4. The molecular weight excluding hydrogens is 616 g/mol. The second kappa shape index (κ2) is 16.8. The van der Waals surface area contributed by atoms with Crippen molar-refractivity contribution in [3.05, 3.63) is 98.1 Å². The van der Waals surface area contributed by atoms with Crippen molar-refractivity contribution in [2.24, 2.45) is 0 Å². The van der Waals surface area contributed by atoms with Crippen LogP contribution >= 0.6 is 0 Å². The minimum atomic E-state index is -0.419. The highest BCUT2D eigenvalue weighted by molar-refractivity contribution is 5.92. The maximum atomic E-state index is 13.5. The van der Waals surface area contributed by atoms with E-state index in [9.17, 15) is 19.2 Å². The van der Waals surface area contributed by atoms with Crippen LogP contribution in [0.1, 0.15) is 0 Å². The number of hydrogen-bond acceptors (Lipinski definition) is 8. The molecule has 8 amide bonds. The van der Waals surface area contributed by atoms with Crippen LogP contribution in [0.5, 0.6) is 0 Å². The molecule has 0 atom stereocenters. The molecule has 0 unspecified atom stereocenters. The molecule has 5 heterocycles. The van der Waals surface area contributed by atoms with Crippen molar-refractivity contribution in [1.82, 2.24) is 39.5 Å². The lowest BCUT2D eigenvalue weighted by molar-refractivity contribution is 0.156. The highest BCUT2D eigenvalue weighted by Gasteiger charge is 2.25. The van der Waals surface area contributed by atoms with Crippen LogP contribution in [-0.2, 0) is 0 Å². The second-order valence-corrected chi connectivity index (χ2v) is 10.6. The van der Waals surface area contributed by atoms with Gasteiger partial charge in [-0.15, -0.1) is 0 Å². The van der Waals surface area contributed by atoms with Crippen LogP contribution in [-0.4, -0.2) is 116 Å². The maximum Gasteiger partial charge on any atom is 0.322 e. The Balaban J connectivity index is 1.38. The molecule has 16 heteroatoms. The van der Waals surface area contributed by atoms with Gasteiger partial charge in [0.1, 0.15) is 0 Å². The van der Waals surface area contributed by atoms with Crippen LogP contribution in [0.25, 0.3) is 0 Å². The number of aromatic nitrogens is 4. The number of rotatable bonds is 4. The van der Waals surface area contributed by atoms with Gasteiger partial charge in [0.25, 0.3) is 0 Å². The minimum absolute atomic E-state index is 0.131. The Kier molecular flexibility index (Phi) is 11.6. The van der Waals surface area contributed by atoms with Crippen molar-refractivity contribution >= 4 is 46.9 Å². The summed E-state index contributed by atoms with van der Waals surface area (Å²) in [6.07, 6.45) is 12.5. The molecule has 1 aliphatic heterocycles. The van der Waals surface area contributed by atoms with E-state index in [1.54, 1.807) is 73.3 Å². The van der Waals surface area contributed by atoms with Gasteiger partial charge >= 0.3 is 24.1 Å². The van der Waals surface area contributed by atoms with E-state index in [2.05, 4.69) is 41.2 Å². The summed E-state index contributed by atoms with van der Waals surface area (Å²) >= 11 is 0. The molecule has 0 aromatic carbocycles. The van der Waals surface area contributed by atoms with Gasteiger partial charge in [0.15, 0.2) is 0 Å². The van der Waals surface area contributed by atoms with Crippen LogP contribution in [0.4, 0.5) is 41.9 Å². The van der Waals surface area contributed by atoms with Crippen molar-refractivity contribution in [2.45, 2.75) is 0 Å². The highest BCUT2D eigenvalue weighted by Crippen LogP contribution is 2.12. The fourth-order valence-electron chi connectivity index (χ4n) is 4.78. The average molecular weight is 653 g/mol. The van der Waals surface area contributed by atoms with Gasteiger partial charge in [-0.25, -0.2) is 19.2 Å². The zero-order valence-corrected chi connectivity index (χ0v) is 26.1. The summed E-state index contributed by atoms with van der Waals surface area (Å²) in [5.41, 5.74) is 2.00. The fraction of sp³-hybridized carbons (Fsp3) is 0.250. The summed E-state index contributed by atoms with van der Waals surface area (Å²) in [6.45, 7) is 1.05. The van der Waals surface area contributed by atoms with Gasteiger partial charge in [0, 0.05) is 77.1 Å². The quantitative estimate of drug-likeness (QED) is 0.257. The number of hydrogen-bond donors (Lipinski definition) is 4. The largest absolute Gasteiger partial charge is 0.322 e. The lowest BCUT2D eigenvalue weighted by atomic mass is 10.3. The summed E-state index contributed by atoms with van der Waals surface area (Å²) in [5, 5.41) is 11.4. The Labute approximate surface area is 277 Å². The lowest BCUT2D eigenvalue weighted by Gasteiger charge is -2.34. The van der Waals surface area contributed by atoms with Gasteiger partial charge in [-0.05, 0) is 48.5 Å². The topological polar surface area (TPSA) is 181 Å². The predicted molar refractivity (Wildman–Crippen MR) is 179 cm³/mol. The van der Waals surface area contributed by atoms with Gasteiger partial charge in [-0.2, -0.15) is 0 Å². The number of anilines is 4. The number of amides is 8. The third kappa shape index (κ3) is 9.84. The van der Waals surface area contributed by atoms with Gasteiger partial charge < -0.3 is 40.9 Å². The first-order valence-corrected chi connectivity index (χ1v) is 15.3. The molecule has 0 aliphatic carbocycles. The molecule has 48 heavy (non-hydrogen) atoms. The van der Waals surface area contributed by atoms with E-state index in [4.69, 9.17) is 0 Å². The van der Waals surface area contributed by atoms with Crippen molar-refractivity contribution in [2.75, 3.05) is 73.6 Å². The molecule has 0 spiro atoms. The van der Waals surface area contributed by atoms with Crippen molar-refractivity contribution in [1.29, 1.82) is 0 Å². The first-order chi connectivity index (χ1) is 23.4. The first kappa shape index (κ1) is 33.1. The molecule has 248 valence electrons. The number of urea groups is 4. The molecule has 1 fully saturated rings. The molecule has 1 aliphatic rings. The van der Waals surface area contributed by atoms with E-state index in [-0.39, 0.29) is 52.4 Å². The monoisotopic (exact) mass is 652 g/mol. The van der Waals surface area contributed by atoms with Gasteiger partial charge in [-0.1, -0.05) is 0 Å². The Hall–Kier alpha value is -6.32. The number of nitrogens with zero attached hydrogens (tertiary/aromatic N) is 8. The SMILES string of the molecule is O=C(Nc1cccnc1)N1CCN(C(=O)Nc2cccnc2)CCN(C(=O)Nc2cccnc2)CCN(C(=O)Nc2cccnc2)CC1. The highest BCUT2D eigenvalue weighted by atomic mass is 16.2. The van der Waals surface area contributed by atoms with Crippen molar-refractivity contribution < 1.29 is 19.2 Å². The van der Waals surface area contributed by atoms with E-state index in [1.165, 1.54) is 44.4 Å². The van der Waals surface area contributed by atoms with Gasteiger partial charge in [0.2, 0.25) is 0 Å². The summed E-state index contributed by atoms with van der Waals surface area (Å²) in [4.78, 5) is 76.4. The summed E-state index contributed by atoms with van der Waals surface area (Å²) in [5.74, 6) is 0. The zero-order chi connectivity index (χ0) is 33.6. The fourth-order valence-corrected chi connectivity index (χ4v) is 4.78. The number of pyridine rings is 4. The molecule has 4 N–H and O–H groups in total. The molecule has 4 aromatic rings. The first-order valence-electron chi connectivity index (χ1n) is 15.3. The lowest BCUT2D eigenvalue weighted by Crippen LogP contribution is -2.52. The molecule has 5 rings (SSSR count). The van der Waals surface area contributed by atoms with E-state index in [0.717, 1.165) is 0 Å². The average Bonchev–Trinajstić information content (AvgIpc) is 3.10. The maximum absolute atomic E-state index is 13.5. The molecular formula is C32H36N12O4. The molecule has 0 radical (unpaired) electrons. The summed E-state index contributed by atoms with van der Waals surface area (Å²) in [6, 6.07) is 12.0. The molecule has 4 aromatic heterocycles. The van der Waals surface area contributed by atoms with Crippen molar-refractivity contribution in [3.8, 4) is 0 Å². The third-order valence-electron chi connectivity index (χ3n) is 7.36. The Bertz CT molecular complexity index is 1370. The Morgan fingerprint density at radius 2 is 0.604 bits per heavy atom. The zero-order valence-electron chi connectivity index (χ0n) is 26.1. The Morgan fingerprint density at radius 1 is 0.396 bits per heavy atom. The van der Waals surface area contributed by atoms with Crippen LogP contribution in [0.2, 0.25) is 0 Å². The smallest absolute Gasteiger partial charge is 0.321 e. The van der Waals surface area contributed by atoms with Crippen LogP contribution in [0.3, 0.4) is 0 Å². The van der Waals surface area contributed by atoms with Crippen LogP contribution in [0.15, 0.2) is 98.1 Å². The second-order valence-electron chi connectivity index (χ2n) is 10.6. The normalized spacial score (nSPS) is 14.2. The third-order valence-corrected chi connectivity index (χ3v) is 7.36. The molecule has 0 bridgehead atoms. The summed E-state index contributed by atoms with van der Waals surface area (Å²) < 4.78 is 0.